The molecule has 1 unspecified atom stereocenters. The van der Waals surface area contributed by atoms with E-state index >= 15 is 0 Å². The molecule has 2 rings (SSSR count). The van der Waals surface area contributed by atoms with Crippen molar-refractivity contribution < 1.29 is 4.39 Å². The van der Waals surface area contributed by atoms with Crippen LogP contribution in [0.4, 0.5) is 4.39 Å². The Morgan fingerprint density at radius 2 is 2.12 bits per heavy atom. The number of alkyl halides is 1. The van der Waals surface area contributed by atoms with Crippen LogP contribution in [0.25, 0.3) is 0 Å². The maximum absolute atomic E-state index is 13.2. The van der Waals surface area contributed by atoms with E-state index in [0.717, 1.165) is 11.1 Å². The predicted molar refractivity (Wildman–Crippen MR) is 68.2 cm³/mol. The molecule has 4 heteroatoms. The summed E-state index contributed by atoms with van der Waals surface area (Å²) < 4.78 is 13.2. The minimum Gasteiger partial charge on any atom is -0.207 e. The Morgan fingerprint density at radius 3 is 2.75 bits per heavy atom. The molecule has 2 aromatic rings. The Bertz CT molecular complexity index is 494. The summed E-state index contributed by atoms with van der Waals surface area (Å²) in [7, 11) is 0. The average molecular weight is 275 g/mol. The van der Waals surface area contributed by atoms with Gasteiger partial charge in [0.15, 0.2) is 0 Å². The van der Waals surface area contributed by atoms with Gasteiger partial charge < -0.3 is 0 Å². The summed E-state index contributed by atoms with van der Waals surface area (Å²) in [4.78, 5) is 0. The monoisotopic (exact) mass is 274 g/mol. The van der Waals surface area contributed by atoms with Crippen molar-refractivity contribution in [1.82, 2.24) is 0 Å². The van der Waals surface area contributed by atoms with Crippen LogP contribution in [-0.2, 0) is 0 Å². The van der Waals surface area contributed by atoms with Crippen molar-refractivity contribution >= 4 is 34.5 Å². The molecule has 0 amide bonds. The van der Waals surface area contributed by atoms with Gasteiger partial charge >= 0.3 is 0 Å². The predicted octanol–water partition coefficient (Wildman–Crippen LogP) is 5.18. The van der Waals surface area contributed by atoms with Crippen LogP contribution in [0.2, 0.25) is 5.02 Å². The molecule has 0 radical (unpaired) electrons. The molecule has 1 heterocycles. The number of benzene rings is 1. The lowest BCUT2D eigenvalue weighted by Crippen LogP contribution is -1.95. The van der Waals surface area contributed by atoms with Gasteiger partial charge in [0, 0.05) is 5.02 Å². The van der Waals surface area contributed by atoms with Crippen LogP contribution in [-0.4, -0.2) is 0 Å². The van der Waals surface area contributed by atoms with Gasteiger partial charge in [-0.15, -0.1) is 11.6 Å². The van der Waals surface area contributed by atoms with Gasteiger partial charge in [0.05, 0.1) is 5.38 Å². The van der Waals surface area contributed by atoms with Crippen molar-refractivity contribution in [3.63, 3.8) is 0 Å². The summed E-state index contributed by atoms with van der Waals surface area (Å²) in [6.45, 7) is 1.70. The number of rotatable bonds is 2. The highest BCUT2D eigenvalue weighted by atomic mass is 35.5. The van der Waals surface area contributed by atoms with Crippen LogP contribution < -0.4 is 0 Å². The molecule has 0 spiro atoms. The Hall–Kier alpha value is -0.570. The molecule has 1 atom stereocenters. The third kappa shape index (κ3) is 2.24. The van der Waals surface area contributed by atoms with E-state index in [4.69, 9.17) is 23.2 Å². The molecule has 0 aliphatic heterocycles. The van der Waals surface area contributed by atoms with Crippen LogP contribution in [0.3, 0.4) is 0 Å². The average Bonchev–Trinajstić information content (AvgIpc) is 2.75. The van der Waals surface area contributed by atoms with Crippen LogP contribution in [0.5, 0.6) is 0 Å². The first kappa shape index (κ1) is 11.9. The number of halogens is 3. The van der Waals surface area contributed by atoms with E-state index in [2.05, 4.69) is 0 Å². The molecule has 0 bridgehead atoms. The zero-order valence-electron chi connectivity index (χ0n) is 8.51. The van der Waals surface area contributed by atoms with Gasteiger partial charge in [-0.1, -0.05) is 11.6 Å². The van der Waals surface area contributed by atoms with Crippen LogP contribution in [0.1, 0.15) is 22.1 Å². The summed E-state index contributed by atoms with van der Waals surface area (Å²) >= 11 is 13.9. The second-order valence-electron chi connectivity index (χ2n) is 3.54. The molecule has 0 N–H and O–H groups in total. The Morgan fingerprint density at radius 1 is 1.38 bits per heavy atom. The largest absolute Gasteiger partial charge is 0.207 e. The smallest absolute Gasteiger partial charge is 0.127 e. The molecule has 0 aliphatic rings. The third-order valence-electron chi connectivity index (χ3n) is 2.39. The molecule has 0 nitrogen and oxygen atoms in total. The van der Waals surface area contributed by atoms with Gasteiger partial charge in [0.2, 0.25) is 0 Å². The quantitative estimate of drug-likeness (QED) is 0.663. The van der Waals surface area contributed by atoms with E-state index in [1.165, 1.54) is 6.07 Å². The maximum atomic E-state index is 13.2. The fourth-order valence-electron chi connectivity index (χ4n) is 1.47. The van der Waals surface area contributed by atoms with Crippen LogP contribution in [0.15, 0.2) is 29.0 Å². The van der Waals surface area contributed by atoms with E-state index in [0.29, 0.717) is 10.6 Å². The normalized spacial score (nSPS) is 12.8. The summed E-state index contributed by atoms with van der Waals surface area (Å²) in [6, 6.07) is 4.96. The maximum Gasteiger partial charge on any atom is 0.127 e. The molecule has 0 saturated carbocycles. The SMILES string of the molecule is Cc1cc(C(Cl)c2ccsc2)c(Cl)cc1F. The highest BCUT2D eigenvalue weighted by Gasteiger charge is 2.16. The summed E-state index contributed by atoms with van der Waals surface area (Å²) in [6.07, 6.45) is 0. The van der Waals surface area contributed by atoms with Crippen molar-refractivity contribution in [3.8, 4) is 0 Å². The summed E-state index contributed by atoms with van der Waals surface area (Å²) in [5, 5.41) is 3.97. The lowest BCUT2D eigenvalue weighted by molar-refractivity contribution is 0.618. The van der Waals surface area contributed by atoms with E-state index in [-0.39, 0.29) is 11.2 Å². The van der Waals surface area contributed by atoms with Crippen molar-refractivity contribution in [2.45, 2.75) is 12.3 Å². The molecule has 0 saturated heterocycles. The fourth-order valence-corrected chi connectivity index (χ4v) is 2.86. The van der Waals surface area contributed by atoms with Gasteiger partial charge in [0.1, 0.15) is 5.82 Å². The van der Waals surface area contributed by atoms with E-state index in [9.17, 15) is 4.39 Å². The number of thiophene rings is 1. The lowest BCUT2D eigenvalue weighted by atomic mass is 10.0. The highest BCUT2D eigenvalue weighted by molar-refractivity contribution is 7.08. The van der Waals surface area contributed by atoms with Crippen molar-refractivity contribution in [2.24, 2.45) is 0 Å². The number of hydrogen-bond donors (Lipinski definition) is 0. The minimum atomic E-state index is -0.321. The van der Waals surface area contributed by atoms with Gasteiger partial charge in [-0.05, 0) is 52.6 Å². The highest BCUT2D eigenvalue weighted by Crippen LogP contribution is 2.35. The fraction of sp³-hybridized carbons (Fsp3) is 0.167. The Kier molecular flexibility index (Phi) is 3.53. The molecule has 84 valence electrons. The van der Waals surface area contributed by atoms with Crippen molar-refractivity contribution in [2.75, 3.05) is 0 Å². The first-order valence-electron chi connectivity index (χ1n) is 4.71. The second-order valence-corrected chi connectivity index (χ2v) is 5.17. The first-order valence-corrected chi connectivity index (χ1v) is 6.47. The zero-order chi connectivity index (χ0) is 11.7. The van der Waals surface area contributed by atoms with Crippen LogP contribution in [0, 0.1) is 12.7 Å². The summed E-state index contributed by atoms with van der Waals surface area (Å²) in [5.74, 6) is -0.303. The van der Waals surface area contributed by atoms with Crippen molar-refractivity contribution in [3.05, 3.63) is 56.5 Å². The van der Waals surface area contributed by atoms with Gasteiger partial charge in [-0.2, -0.15) is 11.3 Å². The first-order chi connectivity index (χ1) is 7.59. The van der Waals surface area contributed by atoms with E-state index < -0.39 is 0 Å². The number of hydrogen-bond acceptors (Lipinski definition) is 1. The molecule has 0 fully saturated rings. The Labute approximate surface area is 108 Å². The van der Waals surface area contributed by atoms with E-state index in [1.54, 1.807) is 24.3 Å². The topological polar surface area (TPSA) is 0 Å². The number of aryl methyl sites for hydroxylation is 1. The molecular weight excluding hydrogens is 266 g/mol. The van der Waals surface area contributed by atoms with Gasteiger partial charge in [-0.25, -0.2) is 4.39 Å². The zero-order valence-corrected chi connectivity index (χ0v) is 10.8. The lowest BCUT2D eigenvalue weighted by Gasteiger charge is -2.11. The van der Waals surface area contributed by atoms with Gasteiger partial charge in [-0.3, -0.25) is 0 Å². The van der Waals surface area contributed by atoms with Crippen molar-refractivity contribution in [1.29, 1.82) is 0 Å². The summed E-state index contributed by atoms with van der Waals surface area (Å²) in [5.41, 5.74) is 2.29. The second kappa shape index (κ2) is 4.74. The minimum absolute atomic E-state index is 0.303. The molecule has 1 aromatic carbocycles. The molecule has 1 aromatic heterocycles. The molecule has 0 aliphatic carbocycles. The third-order valence-corrected chi connectivity index (χ3v) is 3.90. The van der Waals surface area contributed by atoms with Gasteiger partial charge in [0.25, 0.3) is 0 Å². The van der Waals surface area contributed by atoms with E-state index in [1.807, 2.05) is 16.8 Å². The van der Waals surface area contributed by atoms with Crippen LogP contribution >= 0.6 is 34.5 Å². The molecule has 16 heavy (non-hydrogen) atoms. The Balaban J connectivity index is 2.44. The standard InChI is InChI=1S/C12H9Cl2FS/c1-7-4-9(10(13)5-11(7)15)12(14)8-2-3-16-6-8/h2-6,12H,1H3. The molecular formula is C12H9Cl2FS.